The van der Waals surface area contributed by atoms with Crippen molar-refractivity contribution in [2.45, 2.75) is 37.9 Å². The molecular formula is C14H20ClN3O4S. The van der Waals surface area contributed by atoms with E-state index in [-0.39, 0.29) is 21.8 Å². The Morgan fingerprint density at radius 1 is 1.39 bits per heavy atom. The molecule has 1 saturated heterocycles. The average Bonchev–Trinajstić information content (AvgIpc) is 2.85. The lowest BCUT2D eigenvalue weighted by Gasteiger charge is -2.24. The van der Waals surface area contributed by atoms with Gasteiger partial charge in [0.05, 0.1) is 23.2 Å². The van der Waals surface area contributed by atoms with Crippen molar-refractivity contribution in [1.82, 2.24) is 14.9 Å². The minimum Gasteiger partial charge on any atom is -0.444 e. The van der Waals surface area contributed by atoms with E-state index in [9.17, 15) is 13.2 Å². The van der Waals surface area contributed by atoms with Crippen LogP contribution in [0, 0.1) is 5.92 Å². The van der Waals surface area contributed by atoms with Gasteiger partial charge in [-0.15, -0.1) is 0 Å². The van der Waals surface area contributed by atoms with E-state index >= 15 is 0 Å². The molecule has 9 heteroatoms. The second-order valence-corrected chi connectivity index (χ2v) is 8.91. The Bertz CT molecular complexity index is 670. The molecule has 1 amide bonds. The Labute approximate surface area is 140 Å². The molecule has 0 radical (unpaired) electrons. The molecule has 2 heterocycles. The summed E-state index contributed by atoms with van der Waals surface area (Å²) in [7, 11) is -3.60. The van der Waals surface area contributed by atoms with Crippen LogP contribution in [-0.2, 0) is 14.6 Å². The quantitative estimate of drug-likeness (QED) is 0.766. The largest absolute Gasteiger partial charge is 0.444 e. The van der Waals surface area contributed by atoms with Gasteiger partial charge < -0.3 is 9.64 Å². The summed E-state index contributed by atoms with van der Waals surface area (Å²) in [5.74, 6) is -0.264. The van der Waals surface area contributed by atoms with E-state index < -0.39 is 21.5 Å². The number of hydrogen-bond donors (Lipinski definition) is 0. The van der Waals surface area contributed by atoms with Gasteiger partial charge in [-0.3, -0.25) is 0 Å². The predicted octanol–water partition coefficient (Wildman–Crippen LogP) is 2.16. The molecule has 0 N–H and O–H groups in total. The molecular weight excluding hydrogens is 342 g/mol. The number of amides is 1. The average molecular weight is 362 g/mol. The first kappa shape index (κ1) is 17.9. The number of halogens is 1. The minimum absolute atomic E-state index is 0.103. The lowest BCUT2D eigenvalue weighted by atomic mass is 10.2. The van der Waals surface area contributed by atoms with Gasteiger partial charge in [0.2, 0.25) is 15.0 Å². The number of hydrogen-bond acceptors (Lipinski definition) is 6. The molecule has 1 unspecified atom stereocenters. The highest BCUT2D eigenvalue weighted by atomic mass is 35.5. The summed E-state index contributed by atoms with van der Waals surface area (Å²) in [6, 6.07) is 0. The van der Waals surface area contributed by atoms with E-state index in [4.69, 9.17) is 16.3 Å². The van der Waals surface area contributed by atoms with E-state index in [1.165, 1.54) is 17.3 Å². The third-order valence-electron chi connectivity index (χ3n) is 3.27. The third-order valence-corrected chi connectivity index (χ3v) is 5.14. The van der Waals surface area contributed by atoms with Crippen molar-refractivity contribution in [2.75, 3.05) is 18.8 Å². The Hall–Kier alpha value is -1.41. The van der Waals surface area contributed by atoms with Gasteiger partial charge in [0.15, 0.2) is 0 Å². The van der Waals surface area contributed by atoms with Crippen LogP contribution in [0.3, 0.4) is 0 Å². The number of nitrogens with zero attached hydrogens (tertiary/aromatic N) is 3. The normalized spacial score (nSPS) is 19.0. The van der Waals surface area contributed by atoms with Crippen LogP contribution in [0.1, 0.15) is 27.2 Å². The van der Waals surface area contributed by atoms with E-state index in [0.717, 1.165) is 0 Å². The Balaban J connectivity index is 1.97. The summed E-state index contributed by atoms with van der Waals surface area (Å²) >= 11 is 5.66. The number of carbonyl (C=O) groups is 1. The van der Waals surface area contributed by atoms with Crippen molar-refractivity contribution in [3.8, 4) is 0 Å². The van der Waals surface area contributed by atoms with Gasteiger partial charge in [0.25, 0.3) is 0 Å². The SMILES string of the molecule is CC(C)(C)OC(=O)N1CCC(CS(=O)(=O)c2ncc(Cl)cn2)C1. The fourth-order valence-electron chi connectivity index (χ4n) is 2.31. The zero-order valence-electron chi connectivity index (χ0n) is 13.3. The Morgan fingerprint density at radius 2 is 2.00 bits per heavy atom. The smallest absolute Gasteiger partial charge is 0.410 e. The highest BCUT2D eigenvalue weighted by Gasteiger charge is 2.33. The maximum Gasteiger partial charge on any atom is 0.410 e. The molecule has 1 aromatic rings. The molecule has 1 aliphatic rings. The van der Waals surface area contributed by atoms with Gasteiger partial charge in [0, 0.05) is 13.1 Å². The minimum atomic E-state index is -3.60. The summed E-state index contributed by atoms with van der Waals surface area (Å²) < 4.78 is 29.9. The zero-order valence-corrected chi connectivity index (χ0v) is 14.9. The molecule has 2 rings (SSSR count). The van der Waals surface area contributed by atoms with Crippen LogP contribution >= 0.6 is 11.6 Å². The van der Waals surface area contributed by atoms with Gasteiger partial charge in [-0.2, -0.15) is 0 Å². The number of sulfone groups is 1. The summed E-state index contributed by atoms with van der Waals surface area (Å²) in [6.07, 6.45) is 2.69. The van der Waals surface area contributed by atoms with Gasteiger partial charge in [-0.25, -0.2) is 23.2 Å². The standard InChI is InChI=1S/C14H20ClN3O4S/c1-14(2,3)22-13(19)18-5-4-10(8-18)9-23(20,21)12-16-6-11(15)7-17-12/h6-7,10H,4-5,8-9H2,1-3H3. The molecule has 0 aromatic carbocycles. The summed E-state index contributed by atoms with van der Waals surface area (Å²) in [5, 5.41) is 0.0403. The predicted molar refractivity (Wildman–Crippen MR) is 85.0 cm³/mol. The van der Waals surface area contributed by atoms with Crippen molar-refractivity contribution >= 4 is 27.5 Å². The van der Waals surface area contributed by atoms with Crippen LogP contribution in [0.15, 0.2) is 17.6 Å². The molecule has 23 heavy (non-hydrogen) atoms. The number of likely N-dealkylation sites (tertiary alicyclic amines) is 1. The van der Waals surface area contributed by atoms with E-state index in [1.807, 2.05) is 0 Å². The van der Waals surface area contributed by atoms with E-state index in [1.54, 1.807) is 20.8 Å². The van der Waals surface area contributed by atoms with Gasteiger partial charge in [-0.1, -0.05) is 11.6 Å². The van der Waals surface area contributed by atoms with E-state index in [0.29, 0.717) is 19.5 Å². The highest BCUT2D eigenvalue weighted by molar-refractivity contribution is 7.91. The fraction of sp³-hybridized carbons (Fsp3) is 0.643. The van der Waals surface area contributed by atoms with Crippen molar-refractivity contribution in [1.29, 1.82) is 0 Å². The summed E-state index contributed by atoms with van der Waals surface area (Å²) in [4.78, 5) is 21.0. The summed E-state index contributed by atoms with van der Waals surface area (Å²) in [5.41, 5.74) is -0.571. The van der Waals surface area contributed by atoms with Crippen LogP contribution < -0.4 is 0 Å². The number of aromatic nitrogens is 2. The van der Waals surface area contributed by atoms with E-state index in [2.05, 4.69) is 9.97 Å². The molecule has 1 fully saturated rings. The van der Waals surface area contributed by atoms with Crippen LogP contribution in [0.4, 0.5) is 4.79 Å². The maximum absolute atomic E-state index is 12.3. The molecule has 128 valence electrons. The van der Waals surface area contributed by atoms with Crippen molar-refractivity contribution < 1.29 is 17.9 Å². The maximum atomic E-state index is 12.3. The second kappa shape index (κ2) is 6.60. The second-order valence-electron chi connectivity index (χ2n) is 6.55. The molecule has 7 nitrogen and oxygen atoms in total. The first-order chi connectivity index (χ1) is 10.6. The number of ether oxygens (including phenoxy) is 1. The monoisotopic (exact) mass is 361 g/mol. The number of carbonyl (C=O) groups excluding carboxylic acids is 1. The third kappa shape index (κ3) is 5.04. The van der Waals surface area contributed by atoms with Crippen LogP contribution in [0.2, 0.25) is 5.02 Å². The van der Waals surface area contributed by atoms with Crippen LogP contribution in [-0.4, -0.2) is 53.8 Å². The first-order valence-corrected chi connectivity index (χ1v) is 9.28. The van der Waals surface area contributed by atoms with Crippen LogP contribution in [0.5, 0.6) is 0 Å². The molecule has 0 saturated carbocycles. The Kier molecular flexibility index (Phi) is 5.15. The Morgan fingerprint density at radius 3 is 2.57 bits per heavy atom. The molecule has 0 aliphatic carbocycles. The van der Waals surface area contributed by atoms with Crippen molar-refractivity contribution in [3.63, 3.8) is 0 Å². The van der Waals surface area contributed by atoms with Crippen molar-refractivity contribution in [3.05, 3.63) is 17.4 Å². The molecule has 0 bridgehead atoms. The molecule has 0 spiro atoms. The first-order valence-electron chi connectivity index (χ1n) is 7.25. The topological polar surface area (TPSA) is 89.5 Å². The molecule has 1 aliphatic heterocycles. The fourth-order valence-corrected chi connectivity index (χ4v) is 3.87. The van der Waals surface area contributed by atoms with Gasteiger partial charge >= 0.3 is 6.09 Å². The van der Waals surface area contributed by atoms with Crippen molar-refractivity contribution in [2.24, 2.45) is 5.92 Å². The zero-order chi connectivity index (χ0) is 17.3. The number of rotatable bonds is 3. The lowest BCUT2D eigenvalue weighted by Crippen LogP contribution is -2.35. The molecule has 1 atom stereocenters. The lowest BCUT2D eigenvalue weighted by molar-refractivity contribution is 0.0289. The van der Waals surface area contributed by atoms with Gasteiger partial charge in [-0.05, 0) is 33.1 Å². The van der Waals surface area contributed by atoms with Gasteiger partial charge in [0.1, 0.15) is 5.60 Å². The highest BCUT2D eigenvalue weighted by Crippen LogP contribution is 2.22. The summed E-state index contributed by atoms with van der Waals surface area (Å²) in [6.45, 7) is 6.21. The van der Waals surface area contributed by atoms with Crippen LogP contribution in [0.25, 0.3) is 0 Å². The molecule has 1 aromatic heterocycles.